The van der Waals surface area contributed by atoms with Crippen LogP contribution in [0, 0.1) is 6.92 Å². The summed E-state index contributed by atoms with van der Waals surface area (Å²) in [6.45, 7) is 1.71. The van der Waals surface area contributed by atoms with Gasteiger partial charge in [0, 0.05) is 6.26 Å². The summed E-state index contributed by atoms with van der Waals surface area (Å²) in [5.41, 5.74) is 0.893. The first-order chi connectivity index (χ1) is 7.75. The van der Waals surface area contributed by atoms with E-state index in [1.807, 2.05) is 0 Å². The summed E-state index contributed by atoms with van der Waals surface area (Å²) < 4.78 is 28.2. The molecule has 0 bridgehead atoms. The number of ether oxygens (including phenoxy) is 1. The SMILES string of the molecule is COc1cc(CC(=O)O)c(S(C)(=O)=O)cc1C. The van der Waals surface area contributed by atoms with Crippen LogP contribution in [0.2, 0.25) is 0 Å². The van der Waals surface area contributed by atoms with Crippen molar-refractivity contribution < 1.29 is 23.1 Å². The van der Waals surface area contributed by atoms with E-state index in [0.717, 1.165) is 6.26 Å². The number of rotatable bonds is 4. The molecule has 0 heterocycles. The van der Waals surface area contributed by atoms with Crippen molar-refractivity contribution in [2.45, 2.75) is 18.2 Å². The van der Waals surface area contributed by atoms with E-state index in [4.69, 9.17) is 9.84 Å². The highest BCUT2D eigenvalue weighted by Crippen LogP contribution is 2.26. The molecule has 0 unspecified atom stereocenters. The van der Waals surface area contributed by atoms with Crippen molar-refractivity contribution in [1.82, 2.24) is 0 Å². The average molecular weight is 258 g/mol. The zero-order valence-corrected chi connectivity index (χ0v) is 10.7. The third-order valence-corrected chi connectivity index (χ3v) is 3.50. The second kappa shape index (κ2) is 4.75. The third-order valence-electron chi connectivity index (χ3n) is 2.32. The molecule has 0 spiro atoms. The predicted molar refractivity (Wildman–Crippen MR) is 62.2 cm³/mol. The number of hydrogen-bond donors (Lipinski definition) is 1. The van der Waals surface area contributed by atoms with Crippen molar-refractivity contribution in [3.63, 3.8) is 0 Å². The van der Waals surface area contributed by atoms with Gasteiger partial charge in [-0.2, -0.15) is 0 Å². The number of carboxylic acid groups (broad SMARTS) is 1. The van der Waals surface area contributed by atoms with Crippen molar-refractivity contribution in [1.29, 1.82) is 0 Å². The predicted octanol–water partition coefficient (Wildman–Crippen LogP) is 1.03. The number of carbonyl (C=O) groups is 1. The van der Waals surface area contributed by atoms with E-state index in [1.165, 1.54) is 19.2 Å². The molecular formula is C11H14O5S. The molecule has 0 atom stereocenters. The zero-order valence-electron chi connectivity index (χ0n) is 9.85. The molecule has 1 aromatic rings. The molecule has 0 aliphatic rings. The Hall–Kier alpha value is -1.56. The molecule has 0 aliphatic heterocycles. The van der Waals surface area contributed by atoms with Gasteiger partial charge in [-0.05, 0) is 30.2 Å². The molecule has 6 heteroatoms. The number of sulfone groups is 1. The van der Waals surface area contributed by atoms with Crippen molar-refractivity contribution >= 4 is 15.8 Å². The van der Waals surface area contributed by atoms with Gasteiger partial charge < -0.3 is 9.84 Å². The van der Waals surface area contributed by atoms with E-state index in [9.17, 15) is 13.2 Å². The lowest BCUT2D eigenvalue weighted by Crippen LogP contribution is -2.08. The molecule has 0 aromatic heterocycles. The van der Waals surface area contributed by atoms with E-state index in [1.54, 1.807) is 6.92 Å². The van der Waals surface area contributed by atoms with Gasteiger partial charge in [-0.25, -0.2) is 8.42 Å². The Morgan fingerprint density at radius 3 is 2.41 bits per heavy atom. The van der Waals surface area contributed by atoms with Crippen LogP contribution in [0.1, 0.15) is 11.1 Å². The number of benzene rings is 1. The molecule has 1 rings (SSSR count). The highest BCUT2D eigenvalue weighted by Gasteiger charge is 2.18. The van der Waals surface area contributed by atoms with Gasteiger partial charge in [-0.15, -0.1) is 0 Å². The smallest absolute Gasteiger partial charge is 0.307 e. The van der Waals surface area contributed by atoms with Crippen LogP contribution in [0.15, 0.2) is 17.0 Å². The molecule has 0 amide bonds. The van der Waals surface area contributed by atoms with Crippen LogP contribution in [-0.4, -0.2) is 32.9 Å². The normalized spacial score (nSPS) is 11.2. The standard InChI is InChI=1S/C11H14O5S/c1-7-4-10(17(3,14)15)8(6-11(12)13)5-9(7)16-2/h4-5H,6H2,1-3H3,(H,12,13). The van der Waals surface area contributed by atoms with Crippen LogP contribution in [0.5, 0.6) is 5.75 Å². The third kappa shape index (κ3) is 3.20. The molecule has 5 nitrogen and oxygen atoms in total. The van der Waals surface area contributed by atoms with Crippen LogP contribution in [0.25, 0.3) is 0 Å². The van der Waals surface area contributed by atoms with E-state index < -0.39 is 15.8 Å². The average Bonchev–Trinajstić information content (AvgIpc) is 2.17. The Kier molecular flexibility index (Phi) is 3.77. The molecule has 17 heavy (non-hydrogen) atoms. The molecule has 0 aliphatic carbocycles. The lowest BCUT2D eigenvalue weighted by molar-refractivity contribution is -0.136. The van der Waals surface area contributed by atoms with Gasteiger partial charge in [-0.3, -0.25) is 4.79 Å². The number of methoxy groups -OCH3 is 1. The fourth-order valence-corrected chi connectivity index (χ4v) is 2.57. The molecular weight excluding hydrogens is 244 g/mol. The number of hydrogen-bond acceptors (Lipinski definition) is 4. The molecule has 0 radical (unpaired) electrons. The van der Waals surface area contributed by atoms with Gasteiger partial charge in [-0.1, -0.05) is 0 Å². The highest BCUT2D eigenvalue weighted by atomic mass is 32.2. The monoisotopic (exact) mass is 258 g/mol. The van der Waals surface area contributed by atoms with Crippen molar-refractivity contribution in [2.75, 3.05) is 13.4 Å². The quantitative estimate of drug-likeness (QED) is 0.872. The second-order valence-electron chi connectivity index (χ2n) is 3.77. The second-order valence-corrected chi connectivity index (χ2v) is 5.76. The van der Waals surface area contributed by atoms with E-state index >= 15 is 0 Å². The van der Waals surface area contributed by atoms with Crippen molar-refractivity contribution in [3.8, 4) is 5.75 Å². The van der Waals surface area contributed by atoms with Gasteiger partial charge >= 0.3 is 5.97 Å². The fraction of sp³-hybridized carbons (Fsp3) is 0.364. The maximum atomic E-state index is 11.6. The minimum atomic E-state index is -3.45. The van der Waals surface area contributed by atoms with Crippen LogP contribution < -0.4 is 4.74 Å². The maximum Gasteiger partial charge on any atom is 0.307 e. The van der Waals surface area contributed by atoms with E-state index in [0.29, 0.717) is 11.3 Å². The largest absolute Gasteiger partial charge is 0.496 e. The Morgan fingerprint density at radius 1 is 1.41 bits per heavy atom. The van der Waals surface area contributed by atoms with Gasteiger partial charge in [0.2, 0.25) is 0 Å². The topological polar surface area (TPSA) is 80.7 Å². The van der Waals surface area contributed by atoms with Gasteiger partial charge in [0.1, 0.15) is 5.75 Å². The molecule has 1 N–H and O–H groups in total. The summed E-state index contributed by atoms with van der Waals surface area (Å²) in [7, 11) is -1.99. The fourth-order valence-electron chi connectivity index (χ4n) is 1.57. The number of aryl methyl sites for hydroxylation is 1. The first kappa shape index (κ1) is 13.5. The molecule has 0 fully saturated rings. The first-order valence-electron chi connectivity index (χ1n) is 4.85. The van der Waals surface area contributed by atoms with Crippen molar-refractivity contribution in [3.05, 3.63) is 23.3 Å². The Labute approximate surface area is 100.0 Å². The minimum Gasteiger partial charge on any atom is -0.496 e. The number of carboxylic acids is 1. The van der Waals surface area contributed by atoms with Crippen LogP contribution in [0.3, 0.4) is 0 Å². The van der Waals surface area contributed by atoms with E-state index in [-0.39, 0.29) is 16.9 Å². The summed E-state index contributed by atoms with van der Waals surface area (Å²) in [6, 6.07) is 2.90. The molecule has 1 aromatic carbocycles. The summed E-state index contributed by atoms with van der Waals surface area (Å²) >= 11 is 0. The van der Waals surface area contributed by atoms with Gasteiger partial charge in [0.15, 0.2) is 9.84 Å². The van der Waals surface area contributed by atoms with Crippen LogP contribution >= 0.6 is 0 Å². The first-order valence-corrected chi connectivity index (χ1v) is 6.74. The zero-order chi connectivity index (χ0) is 13.2. The van der Waals surface area contributed by atoms with Gasteiger partial charge in [0.25, 0.3) is 0 Å². The lowest BCUT2D eigenvalue weighted by atomic mass is 10.1. The summed E-state index contributed by atoms with van der Waals surface area (Å²) in [5, 5.41) is 8.75. The summed E-state index contributed by atoms with van der Waals surface area (Å²) in [6.07, 6.45) is 0.707. The van der Waals surface area contributed by atoms with Crippen molar-refractivity contribution in [2.24, 2.45) is 0 Å². The molecule has 0 saturated carbocycles. The summed E-state index contributed by atoms with van der Waals surface area (Å²) in [5.74, 6) is -0.602. The Morgan fingerprint density at radius 2 is 2.00 bits per heavy atom. The minimum absolute atomic E-state index is 0.0400. The number of aliphatic carboxylic acids is 1. The Bertz CT molecular complexity index is 545. The van der Waals surface area contributed by atoms with Crippen LogP contribution in [0.4, 0.5) is 0 Å². The van der Waals surface area contributed by atoms with Crippen LogP contribution in [-0.2, 0) is 21.1 Å². The molecule has 94 valence electrons. The summed E-state index contributed by atoms with van der Waals surface area (Å²) in [4.78, 5) is 10.7. The van der Waals surface area contributed by atoms with Gasteiger partial charge in [0.05, 0.1) is 18.4 Å². The Balaban J connectivity index is 3.47. The van der Waals surface area contributed by atoms with E-state index in [2.05, 4.69) is 0 Å². The maximum absolute atomic E-state index is 11.6. The lowest BCUT2D eigenvalue weighted by Gasteiger charge is -2.11. The molecule has 0 saturated heterocycles. The highest BCUT2D eigenvalue weighted by molar-refractivity contribution is 7.90.